The normalized spacial score (nSPS) is 10.9. The van der Waals surface area contributed by atoms with Crippen molar-refractivity contribution in [2.24, 2.45) is 0 Å². The molecule has 2 amide bonds. The molecule has 4 aromatic carbocycles. The fraction of sp³-hybridized carbons (Fsp3) is 0.0476. The first-order chi connectivity index (χ1) is 26.9. The van der Waals surface area contributed by atoms with Gasteiger partial charge in [-0.15, -0.1) is 0 Å². The zero-order valence-electron chi connectivity index (χ0n) is 29.9. The van der Waals surface area contributed by atoms with E-state index in [-0.39, 0.29) is 17.5 Å². The van der Waals surface area contributed by atoms with Crippen molar-refractivity contribution in [3.05, 3.63) is 177 Å². The summed E-state index contributed by atoms with van der Waals surface area (Å²) in [4.78, 5) is 44.5. The molecule has 8 aromatic rings. The number of nitrogen functional groups attached to an aromatic ring is 1. The molecule has 0 spiro atoms. The lowest BCUT2D eigenvalue weighted by Crippen LogP contribution is -2.12. The summed E-state index contributed by atoms with van der Waals surface area (Å²) < 4.78 is 3.76. The Bertz CT molecular complexity index is 2780. The fourth-order valence-electron chi connectivity index (χ4n) is 6.16. The average Bonchev–Trinajstić information content (AvgIpc) is 3.84. The topological polar surface area (TPSA) is 162 Å². The van der Waals surface area contributed by atoms with Crippen LogP contribution in [0.1, 0.15) is 31.8 Å². The van der Waals surface area contributed by atoms with Crippen LogP contribution in [0.4, 0.5) is 22.7 Å². The molecule has 8 rings (SSSR count). The Morgan fingerprint density at radius 1 is 0.643 bits per heavy atom. The first-order valence-corrected chi connectivity index (χ1v) is 17.9. The number of aromatic nitrogens is 4. The molecule has 0 aliphatic carbocycles. The van der Waals surface area contributed by atoms with Crippen molar-refractivity contribution in [2.75, 3.05) is 16.4 Å². The molecule has 12 nitrogen and oxygen atoms in total. The van der Waals surface area contributed by atoms with Gasteiger partial charge in [-0.25, -0.2) is 9.97 Å². The van der Waals surface area contributed by atoms with Crippen molar-refractivity contribution in [1.29, 1.82) is 0 Å². The van der Waals surface area contributed by atoms with Crippen LogP contribution < -0.4 is 16.4 Å². The molecule has 4 aromatic heterocycles. The number of halogens is 2. The van der Waals surface area contributed by atoms with E-state index in [0.717, 1.165) is 39.1 Å². The number of nitro benzene ring substituents is 1. The molecule has 0 bridgehead atoms. The molecule has 0 unspecified atom stereocenters. The Labute approximate surface area is 330 Å². The second-order valence-electron chi connectivity index (χ2n) is 12.8. The van der Waals surface area contributed by atoms with Gasteiger partial charge in [0.05, 0.1) is 10.5 Å². The molecule has 278 valence electrons. The molecule has 4 heterocycles. The molecule has 0 aliphatic heterocycles. The van der Waals surface area contributed by atoms with E-state index in [1.54, 1.807) is 85.3 Å². The quantitative estimate of drug-likeness (QED) is 0.0823. The van der Waals surface area contributed by atoms with Gasteiger partial charge in [0.25, 0.3) is 17.5 Å². The molecule has 56 heavy (non-hydrogen) atoms. The van der Waals surface area contributed by atoms with E-state index >= 15 is 0 Å². The lowest BCUT2D eigenvalue weighted by atomic mass is 10.0. The third kappa shape index (κ3) is 8.06. The maximum atomic E-state index is 12.4. The van der Waals surface area contributed by atoms with Gasteiger partial charge >= 0.3 is 0 Å². The Morgan fingerprint density at radius 3 is 1.55 bits per heavy atom. The van der Waals surface area contributed by atoms with Crippen molar-refractivity contribution >= 4 is 69.1 Å². The highest BCUT2D eigenvalue weighted by Crippen LogP contribution is 2.35. The number of carbonyl (C=O) groups excluding carboxylic acids is 2. The SMILES string of the molecule is Cc1cc2nccn2cc1-c1ccc(NC(=O)c2ccc(Cl)cc2)cc1N.Cc1cc2nccn2cc1-c1ccc(NC(=O)c2ccc(Cl)cc2)cc1[N+](=O)[O-]. The largest absolute Gasteiger partial charge is 0.398 e. The minimum absolute atomic E-state index is 0.0959. The number of benzene rings is 4. The van der Waals surface area contributed by atoms with Gasteiger partial charge in [0.15, 0.2) is 0 Å². The maximum Gasteiger partial charge on any atom is 0.279 e. The first-order valence-electron chi connectivity index (χ1n) is 17.1. The van der Waals surface area contributed by atoms with E-state index in [4.69, 9.17) is 28.9 Å². The molecule has 0 fully saturated rings. The molecule has 0 atom stereocenters. The highest BCUT2D eigenvalue weighted by molar-refractivity contribution is 6.31. The number of fused-ring (bicyclic) bond motifs is 2. The number of nitrogens with one attached hydrogen (secondary N) is 2. The fourth-order valence-corrected chi connectivity index (χ4v) is 6.41. The molecule has 0 saturated carbocycles. The van der Waals surface area contributed by atoms with Gasteiger partial charge in [-0.05, 0) is 110 Å². The number of carbonyl (C=O) groups is 2. The van der Waals surface area contributed by atoms with Crippen LogP contribution in [0.5, 0.6) is 0 Å². The highest BCUT2D eigenvalue weighted by atomic mass is 35.5. The number of nitrogens with zero attached hydrogens (tertiary/aromatic N) is 5. The van der Waals surface area contributed by atoms with Crippen LogP contribution in [-0.2, 0) is 0 Å². The molecule has 14 heteroatoms. The van der Waals surface area contributed by atoms with Crippen molar-refractivity contribution in [1.82, 2.24) is 18.8 Å². The second-order valence-corrected chi connectivity index (χ2v) is 13.7. The lowest BCUT2D eigenvalue weighted by Gasteiger charge is -2.12. The Morgan fingerprint density at radius 2 is 1.09 bits per heavy atom. The first kappa shape index (κ1) is 37.3. The second kappa shape index (κ2) is 15.8. The zero-order valence-corrected chi connectivity index (χ0v) is 31.4. The number of nitrogens with two attached hydrogens (primary N) is 1. The van der Waals surface area contributed by atoms with Gasteiger partial charge in [0, 0.05) is 98.2 Å². The summed E-state index contributed by atoms with van der Waals surface area (Å²) in [6, 6.07) is 27.2. The number of aryl methyl sites for hydroxylation is 2. The predicted molar refractivity (Wildman–Crippen MR) is 221 cm³/mol. The van der Waals surface area contributed by atoms with Crippen LogP contribution in [0.3, 0.4) is 0 Å². The van der Waals surface area contributed by atoms with E-state index in [9.17, 15) is 19.7 Å². The summed E-state index contributed by atoms with van der Waals surface area (Å²) in [6.45, 7) is 3.91. The number of imidazole rings is 2. The molecule has 0 aliphatic rings. The minimum Gasteiger partial charge on any atom is -0.398 e. The molecule has 0 radical (unpaired) electrons. The van der Waals surface area contributed by atoms with Crippen LogP contribution >= 0.6 is 23.2 Å². The number of pyridine rings is 2. The Hall–Kier alpha value is -7.02. The number of hydrogen-bond acceptors (Lipinski definition) is 7. The number of anilines is 3. The standard InChI is InChI=1S/C21H15ClN4O3.C21H17ClN4O/c1-13-10-20-23-8-9-25(20)12-18(13)17-7-6-16(11-19(17)26(28)29)24-21(27)14-2-4-15(22)5-3-14;1-13-10-20-24-8-9-26(20)12-18(13)17-7-6-16(11-19(17)23)25-21(27)14-2-4-15(22)5-3-14/h2-12H,1H3,(H,24,27);2-12H,23H2,1H3,(H,25,27). The van der Waals surface area contributed by atoms with E-state index in [1.165, 1.54) is 6.07 Å². The molecule has 0 saturated heterocycles. The molecular weight excluding hydrogens is 751 g/mol. The van der Waals surface area contributed by atoms with Crippen LogP contribution in [0, 0.1) is 24.0 Å². The van der Waals surface area contributed by atoms with Crippen molar-refractivity contribution in [3.8, 4) is 22.3 Å². The van der Waals surface area contributed by atoms with E-state index < -0.39 is 4.92 Å². The van der Waals surface area contributed by atoms with Gasteiger partial charge in [-0.2, -0.15) is 0 Å². The summed E-state index contributed by atoms with van der Waals surface area (Å²) in [5.74, 6) is -0.588. The summed E-state index contributed by atoms with van der Waals surface area (Å²) in [5, 5.41) is 18.4. The Kier molecular flexibility index (Phi) is 10.5. The van der Waals surface area contributed by atoms with E-state index in [1.807, 2.05) is 65.5 Å². The van der Waals surface area contributed by atoms with Gasteiger partial charge in [-0.3, -0.25) is 19.7 Å². The van der Waals surface area contributed by atoms with Crippen LogP contribution in [0.25, 0.3) is 33.5 Å². The zero-order chi connectivity index (χ0) is 39.5. The summed E-state index contributed by atoms with van der Waals surface area (Å²) in [5.41, 5.74) is 15.4. The maximum absolute atomic E-state index is 12.4. The third-order valence-corrected chi connectivity index (χ3v) is 9.53. The summed E-state index contributed by atoms with van der Waals surface area (Å²) in [6.07, 6.45) is 10.9. The van der Waals surface area contributed by atoms with Crippen molar-refractivity contribution in [2.45, 2.75) is 13.8 Å². The highest BCUT2D eigenvalue weighted by Gasteiger charge is 2.20. The predicted octanol–water partition coefficient (Wildman–Crippen LogP) is 9.92. The molecule has 4 N–H and O–H groups in total. The minimum atomic E-state index is -0.454. The van der Waals surface area contributed by atoms with Crippen molar-refractivity contribution in [3.63, 3.8) is 0 Å². The number of nitro groups is 1. The lowest BCUT2D eigenvalue weighted by molar-refractivity contribution is -0.384. The van der Waals surface area contributed by atoms with Crippen molar-refractivity contribution < 1.29 is 14.5 Å². The number of rotatable bonds is 7. The van der Waals surface area contributed by atoms with Gasteiger partial charge in [0.1, 0.15) is 11.3 Å². The van der Waals surface area contributed by atoms with E-state index in [0.29, 0.717) is 43.8 Å². The summed E-state index contributed by atoms with van der Waals surface area (Å²) in [7, 11) is 0. The monoisotopic (exact) mass is 782 g/mol. The van der Waals surface area contributed by atoms with Gasteiger partial charge in [0.2, 0.25) is 0 Å². The third-order valence-electron chi connectivity index (χ3n) is 9.03. The van der Waals surface area contributed by atoms with Crippen LogP contribution in [-0.4, -0.2) is 35.5 Å². The average molecular weight is 784 g/mol. The van der Waals surface area contributed by atoms with Gasteiger partial charge < -0.3 is 25.2 Å². The number of amides is 2. The number of hydrogen-bond donors (Lipinski definition) is 3. The van der Waals surface area contributed by atoms with Crippen LogP contribution in [0.15, 0.2) is 134 Å². The molecular formula is C42H32Cl2N8O4. The van der Waals surface area contributed by atoms with E-state index in [2.05, 4.69) is 20.6 Å². The van der Waals surface area contributed by atoms with Crippen LogP contribution in [0.2, 0.25) is 10.0 Å². The smallest absolute Gasteiger partial charge is 0.279 e. The summed E-state index contributed by atoms with van der Waals surface area (Å²) >= 11 is 11.7. The Balaban J connectivity index is 0.000000172. The van der Waals surface area contributed by atoms with Gasteiger partial charge in [-0.1, -0.05) is 29.3 Å².